The van der Waals surface area contributed by atoms with Crippen molar-refractivity contribution in [2.75, 3.05) is 24.3 Å². The predicted octanol–water partition coefficient (Wildman–Crippen LogP) is 2.98. The number of benzene rings is 1. The number of ether oxygens (including phenoxy) is 2. The lowest BCUT2D eigenvalue weighted by atomic mass is 9.81. The van der Waals surface area contributed by atoms with Crippen LogP contribution in [-0.4, -0.2) is 41.6 Å². The van der Waals surface area contributed by atoms with E-state index < -0.39 is 23.9 Å². The lowest BCUT2D eigenvalue weighted by Gasteiger charge is -2.34. The Morgan fingerprint density at radius 2 is 2.20 bits per heavy atom. The summed E-state index contributed by atoms with van der Waals surface area (Å²) in [6, 6.07) is 6.63. The van der Waals surface area contributed by atoms with Gasteiger partial charge in [0.15, 0.2) is 5.17 Å². The SMILES string of the molecule is NC1=N[C@]2(c3cc(NC(=O)c4ccc(OC(F)F)cn4)ccc3F)COC[C@H]2CS1. The highest BCUT2D eigenvalue weighted by Gasteiger charge is 2.49. The molecular formula is C19H17F3N4O3S. The largest absolute Gasteiger partial charge is 0.433 e. The van der Waals surface area contributed by atoms with Gasteiger partial charge in [0, 0.05) is 22.9 Å². The number of fused-ring (bicyclic) bond motifs is 1. The summed E-state index contributed by atoms with van der Waals surface area (Å²) in [6.07, 6.45) is 1.02. The molecule has 30 heavy (non-hydrogen) atoms. The number of thioether (sulfide) groups is 1. The molecule has 1 aromatic heterocycles. The van der Waals surface area contributed by atoms with Crippen molar-refractivity contribution >= 4 is 28.5 Å². The van der Waals surface area contributed by atoms with E-state index in [1.165, 1.54) is 42.1 Å². The third-order valence-corrected chi connectivity index (χ3v) is 5.90. The number of nitrogens with one attached hydrogen (secondary N) is 1. The monoisotopic (exact) mass is 438 g/mol. The second-order valence-corrected chi connectivity index (χ2v) is 7.84. The van der Waals surface area contributed by atoms with Crippen LogP contribution in [0, 0.1) is 11.7 Å². The standard InChI is InChI=1S/C19H17F3N4O3S/c20-14-3-1-11(25-16(27)15-4-2-12(6-24-15)29-17(21)22)5-13(14)19-9-28-7-10(19)8-30-18(23)26-19/h1-6,10,17H,7-9H2,(H2,23,26)(H,25,27)/t10-,19+/m0/s1. The molecule has 7 nitrogen and oxygen atoms in total. The van der Waals surface area contributed by atoms with Gasteiger partial charge in [0.2, 0.25) is 0 Å². The molecule has 0 spiro atoms. The Balaban J connectivity index is 1.58. The number of nitrogens with zero attached hydrogens (tertiary/aromatic N) is 2. The van der Waals surface area contributed by atoms with Crippen LogP contribution in [0.25, 0.3) is 0 Å². The van der Waals surface area contributed by atoms with Crippen molar-refractivity contribution in [1.29, 1.82) is 0 Å². The van der Waals surface area contributed by atoms with Crippen LogP contribution in [0.2, 0.25) is 0 Å². The van der Waals surface area contributed by atoms with Crippen LogP contribution in [0.4, 0.5) is 18.9 Å². The Kier molecular flexibility index (Phi) is 5.56. The van der Waals surface area contributed by atoms with Crippen LogP contribution >= 0.6 is 11.8 Å². The fourth-order valence-electron chi connectivity index (χ4n) is 3.51. The van der Waals surface area contributed by atoms with E-state index in [1.54, 1.807) is 0 Å². The van der Waals surface area contributed by atoms with Gasteiger partial charge < -0.3 is 20.5 Å². The van der Waals surface area contributed by atoms with Gasteiger partial charge in [-0.05, 0) is 30.3 Å². The summed E-state index contributed by atoms with van der Waals surface area (Å²) in [4.78, 5) is 20.8. The minimum Gasteiger partial charge on any atom is -0.433 e. The molecule has 0 radical (unpaired) electrons. The lowest BCUT2D eigenvalue weighted by molar-refractivity contribution is -0.0500. The minimum atomic E-state index is -2.98. The number of carbonyl (C=O) groups excluding carboxylic acids is 1. The van der Waals surface area contributed by atoms with Crippen LogP contribution in [0.1, 0.15) is 16.1 Å². The van der Waals surface area contributed by atoms with E-state index in [9.17, 15) is 18.0 Å². The summed E-state index contributed by atoms with van der Waals surface area (Å²) in [5.41, 5.74) is 5.57. The van der Waals surface area contributed by atoms with Crippen molar-refractivity contribution in [1.82, 2.24) is 4.98 Å². The first-order valence-corrected chi connectivity index (χ1v) is 9.94. The first kappa shape index (κ1) is 20.5. The fraction of sp³-hybridized carbons (Fsp3) is 0.316. The van der Waals surface area contributed by atoms with Crippen molar-refractivity contribution in [2.24, 2.45) is 16.6 Å². The van der Waals surface area contributed by atoms with E-state index in [4.69, 9.17) is 10.5 Å². The van der Waals surface area contributed by atoms with Gasteiger partial charge in [-0.2, -0.15) is 8.78 Å². The normalized spacial score (nSPS) is 23.1. The number of carbonyl (C=O) groups is 1. The first-order chi connectivity index (χ1) is 14.4. The van der Waals surface area contributed by atoms with E-state index in [1.807, 2.05) is 0 Å². The van der Waals surface area contributed by atoms with Gasteiger partial charge in [0.05, 0.1) is 19.4 Å². The molecule has 3 N–H and O–H groups in total. The number of anilines is 1. The van der Waals surface area contributed by atoms with Crippen LogP contribution in [0.15, 0.2) is 41.5 Å². The van der Waals surface area contributed by atoms with Crippen molar-refractivity contribution in [3.05, 3.63) is 53.6 Å². The number of halogens is 3. The van der Waals surface area contributed by atoms with Crippen LogP contribution < -0.4 is 15.8 Å². The molecular weight excluding hydrogens is 421 g/mol. The number of rotatable bonds is 5. The van der Waals surface area contributed by atoms with Crippen molar-refractivity contribution in [3.8, 4) is 5.75 Å². The topological polar surface area (TPSA) is 98.8 Å². The van der Waals surface area contributed by atoms with Gasteiger partial charge in [-0.15, -0.1) is 0 Å². The van der Waals surface area contributed by atoms with Crippen molar-refractivity contribution < 1.29 is 27.4 Å². The molecule has 158 valence electrons. The van der Waals surface area contributed by atoms with E-state index >= 15 is 0 Å². The second kappa shape index (κ2) is 8.15. The van der Waals surface area contributed by atoms with E-state index in [-0.39, 0.29) is 24.0 Å². The van der Waals surface area contributed by atoms with Gasteiger partial charge in [-0.3, -0.25) is 4.79 Å². The average Bonchev–Trinajstić information content (AvgIpc) is 3.13. The van der Waals surface area contributed by atoms with Gasteiger partial charge in [-0.25, -0.2) is 14.4 Å². The third kappa shape index (κ3) is 3.94. The summed E-state index contributed by atoms with van der Waals surface area (Å²) >= 11 is 1.40. The van der Waals surface area contributed by atoms with Crippen molar-refractivity contribution in [2.45, 2.75) is 12.2 Å². The Morgan fingerprint density at radius 1 is 1.37 bits per heavy atom. The third-order valence-electron chi connectivity index (χ3n) is 4.94. The molecule has 11 heteroatoms. The quantitative estimate of drug-likeness (QED) is 0.745. The maximum atomic E-state index is 14.8. The number of aliphatic imine (C=N–C) groups is 1. The molecule has 1 aromatic carbocycles. The molecule has 2 aliphatic heterocycles. The van der Waals surface area contributed by atoms with Gasteiger partial charge in [-0.1, -0.05) is 11.8 Å². The zero-order valence-corrected chi connectivity index (χ0v) is 16.3. The average molecular weight is 438 g/mol. The number of amidine groups is 1. The highest BCUT2D eigenvalue weighted by Crippen LogP contribution is 2.45. The molecule has 0 saturated carbocycles. The second-order valence-electron chi connectivity index (χ2n) is 6.80. The van der Waals surface area contributed by atoms with Crippen molar-refractivity contribution in [3.63, 3.8) is 0 Å². The molecule has 0 unspecified atom stereocenters. The van der Waals surface area contributed by atoms with Crippen LogP contribution in [0.3, 0.4) is 0 Å². The van der Waals surface area contributed by atoms with Crippen LogP contribution in [0.5, 0.6) is 5.75 Å². The Morgan fingerprint density at radius 3 is 2.93 bits per heavy atom. The molecule has 2 atom stereocenters. The summed E-state index contributed by atoms with van der Waals surface area (Å²) in [5.74, 6) is -0.613. The number of alkyl halides is 2. The lowest BCUT2D eigenvalue weighted by Crippen LogP contribution is -2.40. The summed E-state index contributed by atoms with van der Waals surface area (Å²) in [5, 5.41) is 2.99. The maximum absolute atomic E-state index is 14.8. The predicted molar refractivity (Wildman–Crippen MR) is 105 cm³/mol. The number of amides is 1. The molecule has 2 aliphatic rings. The zero-order valence-electron chi connectivity index (χ0n) is 15.5. The summed E-state index contributed by atoms with van der Waals surface area (Å²) in [7, 11) is 0. The smallest absolute Gasteiger partial charge is 0.387 e. The summed E-state index contributed by atoms with van der Waals surface area (Å²) in [6.45, 7) is -2.35. The van der Waals surface area contributed by atoms with E-state index in [0.717, 1.165) is 6.20 Å². The highest BCUT2D eigenvalue weighted by atomic mass is 32.2. The number of pyridine rings is 1. The molecule has 1 saturated heterocycles. The first-order valence-electron chi connectivity index (χ1n) is 8.95. The zero-order chi connectivity index (χ0) is 21.3. The van der Waals surface area contributed by atoms with Gasteiger partial charge in [0.1, 0.15) is 22.8 Å². The molecule has 0 bridgehead atoms. The Labute approximate surface area is 173 Å². The number of hydrogen-bond acceptors (Lipinski definition) is 7. The van der Waals surface area contributed by atoms with E-state index in [0.29, 0.717) is 28.8 Å². The summed E-state index contributed by atoms with van der Waals surface area (Å²) < 4.78 is 49.0. The van der Waals surface area contributed by atoms with Crippen LogP contribution in [-0.2, 0) is 10.3 Å². The molecule has 1 fully saturated rings. The molecule has 4 rings (SSSR count). The number of nitrogens with two attached hydrogens (primary N) is 1. The molecule has 3 heterocycles. The van der Waals surface area contributed by atoms with E-state index in [2.05, 4.69) is 20.0 Å². The highest BCUT2D eigenvalue weighted by molar-refractivity contribution is 8.13. The molecule has 2 aromatic rings. The van der Waals surface area contributed by atoms with Gasteiger partial charge in [0.25, 0.3) is 5.91 Å². The molecule has 1 amide bonds. The Hall–Kier alpha value is -2.79. The Bertz CT molecular complexity index is 989. The minimum absolute atomic E-state index is 0.0148. The molecule has 0 aliphatic carbocycles. The maximum Gasteiger partial charge on any atom is 0.387 e. The number of hydrogen-bond donors (Lipinski definition) is 2. The fourth-order valence-corrected chi connectivity index (χ4v) is 4.48. The van der Waals surface area contributed by atoms with Gasteiger partial charge >= 0.3 is 6.61 Å². The number of aromatic nitrogens is 1.